The number of nitrogens with zero attached hydrogens (tertiary/aromatic N) is 4. The van der Waals surface area contributed by atoms with E-state index in [1.54, 1.807) is 0 Å². The fourth-order valence-corrected chi connectivity index (χ4v) is 7.15. The number of ether oxygens (including phenoxy) is 1. The number of hydrogen-bond donors (Lipinski definition) is 7. The third kappa shape index (κ3) is 7.08. The summed E-state index contributed by atoms with van der Waals surface area (Å²) in [6.07, 6.45) is -5.25. The van der Waals surface area contributed by atoms with E-state index in [2.05, 4.69) is 23.8 Å². The molecular weight excluding hydrogens is 526 g/mol. The van der Waals surface area contributed by atoms with Crippen LogP contribution in [0.1, 0.15) is 6.23 Å². The van der Waals surface area contributed by atoms with Crippen LogP contribution in [0.5, 0.6) is 5.88 Å². The number of nitrogen functional groups attached to an aromatic ring is 1. The summed E-state index contributed by atoms with van der Waals surface area (Å²) in [7, 11) is -15.7. The normalized spacial score (nSPS) is 27.1. The van der Waals surface area contributed by atoms with Gasteiger partial charge in [0.25, 0.3) is 0 Å². The number of rotatable bonds is 8. The minimum absolute atomic E-state index is 0. The molecule has 0 bridgehead atoms. The Morgan fingerprint density at radius 3 is 2.48 bits per heavy atom. The molecule has 2 unspecified atom stereocenters. The Kier molecular flexibility index (Phi) is 9.03. The van der Waals surface area contributed by atoms with Gasteiger partial charge in [-0.2, -0.15) is 4.98 Å². The average molecular weight is 543 g/mol. The molecule has 2 aromatic heterocycles. The standard InChI is InChI=1S/C11H18N5O13P3.Na/c12-11-14-8-5(9(19)15-11)13-2-16(8)10-7(18)6(17)4(28-10)1-27-32(25,26)29-31(23,24)3-30(20,21)22;/h2,4,6-7,10,17-18H,1,3H2,(H,23,24)(H,25,26)(H2,20,21,22)(H3,12,14,15,19);/q;+1/p-1/t4-,6-,7-,10-;/m1./s1. The van der Waals surface area contributed by atoms with E-state index in [4.69, 9.17) is 20.3 Å². The summed E-state index contributed by atoms with van der Waals surface area (Å²) in [5, 5.41) is 32.2. The van der Waals surface area contributed by atoms with Crippen LogP contribution in [0.15, 0.2) is 6.33 Å². The Morgan fingerprint density at radius 1 is 1.24 bits per heavy atom. The van der Waals surface area contributed by atoms with Gasteiger partial charge in [-0.1, -0.05) is 0 Å². The van der Waals surface area contributed by atoms with E-state index >= 15 is 0 Å². The second-order valence-corrected chi connectivity index (χ2v) is 12.1. The summed E-state index contributed by atoms with van der Waals surface area (Å²) in [4.78, 5) is 58.1. The van der Waals surface area contributed by atoms with Crippen molar-refractivity contribution in [2.24, 2.45) is 0 Å². The van der Waals surface area contributed by atoms with Gasteiger partial charge in [-0.15, -0.1) is 0 Å². The van der Waals surface area contributed by atoms with Gasteiger partial charge in [0.15, 0.2) is 11.9 Å². The molecule has 0 spiro atoms. The van der Waals surface area contributed by atoms with Crippen molar-refractivity contribution >= 4 is 40.5 Å². The van der Waals surface area contributed by atoms with Crippen LogP contribution in [0.3, 0.4) is 0 Å². The molecule has 1 saturated heterocycles. The van der Waals surface area contributed by atoms with Gasteiger partial charge < -0.3 is 40.5 Å². The largest absolute Gasteiger partial charge is 1.00 e. The molecule has 33 heavy (non-hydrogen) atoms. The van der Waals surface area contributed by atoms with E-state index in [1.807, 2.05) is 0 Å². The van der Waals surface area contributed by atoms with Crippen molar-refractivity contribution in [3.63, 3.8) is 0 Å². The van der Waals surface area contributed by atoms with Gasteiger partial charge >= 0.3 is 45.0 Å². The zero-order valence-electron chi connectivity index (χ0n) is 16.5. The average Bonchev–Trinajstić information content (AvgIpc) is 3.12. The molecule has 22 heteroatoms. The topological polar surface area (TPSA) is 299 Å². The Bertz CT molecular complexity index is 1100. The van der Waals surface area contributed by atoms with Crippen molar-refractivity contribution in [3.8, 4) is 5.88 Å². The molecule has 0 saturated carbocycles. The molecule has 8 N–H and O–H groups in total. The number of phosphoric ester groups is 1. The van der Waals surface area contributed by atoms with E-state index in [9.17, 15) is 39.1 Å². The maximum Gasteiger partial charge on any atom is 1.00 e. The Hall–Kier alpha value is -0.360. The quantitative estimate of drug-likeness (QED) is 0.120. The van der Waals surface area contributed by atoms with Crippen LogP contribution in [0.25, 0.3) is 11.2 Å². The monoisotopic (exact) mass is 543 g/mol. The van der Waals surface area contributed by atoms with Gasteiger partial charge in [0, 0.05) is 5.88 Å². The fourth-order valence-electron chi connectivity index (χ4n) is 2.80. The molecule has 0 radical (unpaired) electrons. The summed E-state index contributed by atoms with van der Waals surface area (Å²) >= 11 is 0. The van der Waals surface area contributed by atoms with Gasteiger partial charge in [0.2, 0.25) is 19.8 Å². The van der Waals surface area contributed by atoms with E-state index < -0.39 is 66.3 Å². The van der Waals surface area contributed by atoms with Crippen molar-refractivity contribution < 1.29 is 92.0 Å². The molecule has 1 aliphatic heterocycles. The third-order valence-corrected chi connectivity index (χ3v) is 9.24. The maximum atomic E-state index is 11.9. The third-order valence-electron chi connectivity index (χ3n) is 4.01. The zero-order valence-corrected chi connectivity index (χ0v) is 21.2. The van der Waals surface area contributed by atoms with Crippen molar-refractivity contribution in [1.82, 2.24) is 19.5 Å². The van der Waals surface area contributed by atoms with E-state index in [1.165, 1.54) is 0 Å². The van der Waals surface area contributed by atoms with Crippen LogP contribution in [0.2, 0.25) is 0 Å². The van der Waals surface area contributed by atoms with E-state index in [0.29, 0.717) is 0 Å². The summed E-state index contributed by atoms with van der Waals surface area (Å²) < 4.78 is 38.3. The van der Waals surface area contributed by atoms with Gasteiger partial charge in [-0.3, -0.25) is 13.7 Å². The van der Waals surface area contributed by atoms with Crippen LogP contribution < -0.4 is 45.3 Å². The van der Waals surface area contributed by atoms with Gasteiger partial charge in [-0.25, -0.2) is 28.6 Å². The molecule has 180 valence electrons. The first kappa shape index (κ1) is 28.9. The van der Waals surface area contributed by atoms with Crippen LogP contribution in [0.4, 0.5) is 5.95 Å². The number of aromatic nitrogens is 4. The predicted molar refractivity (Wildman–Crippen MR) is 98.0 cm³/mol. The number of phosphoric acid groups is 1. The van der Waals surface area contributed by atoms with Crippen LogP contribution in [-0.4, -0.2) is 80.1 Å². The Labute approximate surface area is 206 Å². The molecule has 0 aromatic carbocycles. The second-order valence-electron chi connectivity index (χ2n) is 6.55. The van der Waals surface area contributed by atoms with Crippen LogP contribution in [-0.2, 0) is 22.7 Å². The summed E-state index contributed by atoms with van der Waals surface area (Å²) in [6.45, 7) is -0.963. The zero-order chi connectivity index (χ0) is 24.1. The summed E-state index contributed by atoms with van der Waals surface area (Å²) in [5.41, 5.74) is 5.09. The first-order chi connectivity index (χ1) is 14.6. The fraction of sp³-hybridized carbons (Fsp3) is 0.545. The van der Waals surface area contributed by atoms with Gasteiger partial charge in [0.05, 0.1) is 12.9 Å². The van der Waals surface area contributed by atoms with Gasteiger partial charge in [0.1, 0.15) is 23.8 Å². The van der Waals surface area contributed by atoms with E-state index in [-0.39, 0.29) is 46.7 Å². The molecule has 18 nitrogen and oxygen atoms in total. The van der Waals surface area contributed by atoms with Crippen molar-refractivity contribution in [1.29, 1.82) is 0 Å². The smallest absolute Gasteiger partial charge is 0.857 e. The number of hydrogen-bond acceptors (Lipinski definition) is 15. The van der Waals surface area contributed by atoms with E-state index in [0.717, 1.165) is 10.9 Å². The van der Waals surface area contributed by atoms with Crippen LogP contribution in [0, 0.1) is 0 Å². The molecule has 0 aliphatic carbocycles. The molecule has 0 amide bonds. The number of fused-ring (bicyclic) bond motifs is 1. The van der Waals surface area contributed by atoms with Crippen molar-refractivity contribution in [2.45, 2.75) is 24.5 Å². The minimum Gasteiger partial charge on any atom is -0.857 e. The first-order valence-electron chi connectivity index (χ1n) is 8.32. The van der Waals surface area contributed by atoms with Gasteiger partial charge in [-0.05, 0) is 0 Å². The molecule has 1 fully saturated rings. The van der Waals surface area contributed by atoms with Crippen molar-refractivity contribution in [2.75, 3.05) is 18.2 Å². The second kappa shape index (κ2) is 10.3. The summed E-state index contributed by atoms with van der Waals surface area (Å²) in [6, 6.07) is 0. The maximum absolute atomic E-state index is 11.9. The van der Waals surface area contributed by atoms with Crippen LogP contribution >= 0.6 is 23.4 Å². The molecule has 1 aliphatic rings. The van der Waals surface area contributed by atoms with Crippen molar-refractivity contribution in [3.05, 3.63) is 6.33 Å². The number of nitrogens with two attached hydrogens (primary N) is 1. The number of aliphatic hydroxyl groups is 2. The minimum atomic E-state index is -5.36. The molecule has 3 rings (SSSR count). The number of anilines is 1. The molecular formula is C11H17N5NaO13P3. The first-order valence-corrected chi connectivity index (χ1v) is 13.4. The summed E-state index contributed by atoms with van der Waals surface area (Å²) in [5.74, 6) is -2.93. The Morgan fingerprint density at radius 2 is 1.88 bits per heavy atom. The molecule has 3 heterocycles. The number of imidazole rings is 1. The Balaban J connectivity index is 0.00000385. The predicted octanol–water partition coefficient (Wildman–Crippen LogP) is -6.51. The number of aliphatic hydroxyl groups excluding tert-OH is 2. The SMILES string of the molecule is Nc1nc([O-])c2ncn([C@@H]3O[C@H](COP(=O)(O)OP(=O)(O)C[P+]([O-])(O)O)[C@@H](O)[C@H]3O)c2n1.[Na+]. The molecule has 6 atom stereocenters. The molecule has 2 aromatic rings.